The minimum absolute atomic E-state index is 0.0307. The summed E-state index contributed by atoms with van der Waals surface area (Å²) in [5.74, 6) is -0.378. The predicted octanol–water partition coefficient (Wildman–Crippen LogP) is 2.54. The molecule has 3 nitrogen and oxygen atoms in total. The molecule has 0 amide bonds. The number of hydrogen-bond acceptors (Lipinski definition) is 3. The molecule has 0 spiro atoms. The highest BCUT2D eigenvalue weighted by atomic mass is 35.5. The van der Waals surface area contributed by atoms with Gasteiger partial charge >= 0.3 is 0 Å². The summed E-state index contributed by atoms with van der Waals surface area (Å²) in [7, 11) is -3.02. The van der Waals surface area contributed by atoms with Gasteiger partial charge in [0.2, 0.25) is 0 Å². The van der Waals surface area contributed by atoms with Gasteiger partial charge in [0.15, 0.2) is 9.84 Å². The van der Waals surface area contributed by atoms with Gasteiger partial charge in [-0.15, -0.1) is 0 Å². The third-order valence-electron chi connectivity index (χ3n) is 3.07. The van der Waals surface area contributed by atoms with Crippen LogP contribution in [0.15, 0.2) is 18.2 Å². The summed E-state index contributed by atoms with van der Waals surface area (Å²) < 4.78 is 22.6. The first-order valence-corrected chi connectivity index (χ1v) is 8.12. The van der Waals surface area contributed by atoms with Gasteiger partial charge in [-0.3, -0.25) is 4.79 Å². The summed E-state index contributed by atoms with van der Waals surface area (Å²) in [4.78, 5) is 12.0. The minimum atomic E-state index is -3.02. The molecule has 0 aromatic heterocycles. The molecule has 0 radical (unpaired) electrons. The largest absolute Gasteiger partial charge is 0.299 e. The van der Waals surface area contributed by atoms with Crippen molar-refractivity contribution in [2.45, 2.75) is 12.8 Å². The summed E-state index contributed by atoms with van der Waals surface area (Å²) in [6, 6.07) is 4.95. The number of rotatable bonds is 3. The van der Waals surface area contributed by atoms with Crippen molar-refractivity contribution in [1.29, 1.82) is 0 Å². The van der Waals surface area contributed by atoms with Crippen LogP contribution in [0, 0.1) is 5.92 Å². The van der Waals surface area contributed by atoms with E-state index in [0.29, 0.717) is 22.0 Å². The van der Waals surface area contributed by atoms with E-state index in [4.69, 9.17) is 23.2 Å². The van der Waals surface area contributed by atoms with E-state index in [-0.39, 0.29) is 29.6 Å². The highest BCUT2D eigenvalue weighted by molar-refractivity contribution is 7.91. The Hall–Kier alpha value is -0.580. The molecule has 1 saturated heterocycles. The summed E-state index contributed by atoms with van der Waals surface area (Å²) in [6.45, 7) is 0. The van der Waals surface area contributed by atoms with Crippen LogP contribution in [0.1, 0.15) is 12.0 Å². The molecule has 1 atom stereocenters. The molecular weight excluding hydrogens is 295 g/mol. The Morgan fingerprint density at radius 3 is 2.61 bits per heavy atom. The van der Waals surface area contributed by atoms with E-state index in [1.807, 2.05) is 0 Å². The van der Waals surface area contributed by atoms with Crippen LogP contribution in [0.3, 0.4) is 0 Å². The lowest BCUT2D eigenvalue weighted by molar-refractivity contribution is -0.121. The molecule has 1 aliphatic heterocycles. The number of sulfone groups is 1. The lowest BCUT2D eigenvalue weighted by Crippen LogP contribution is -2.18. The van der Waals surface area contributed by atoms with Crippen LogP contribution in [0.5, 0.6) is 0 Å². The molecular formula is C12H12Cl2O3S. The molecule has 1 heterocycles. The Morgan fingerprint density at radius 1 is 1.33 bits per heavy atom. The van der Waals surface area contributed by atoms with Crippen molar-refractivity contribution in [2.24, 2.45) is 5.92 Å². The average Bonchev–Trinajstić information content (AvgIpc) is 2.63. The molecule has 0 N–H and O–H groups in total. The molecule has 18 heavy (non-hydrogen) atoms. The fourth-order valence-electron chi connectivity index (χ4n) is 2.05. The monoisotopic (exact) mass is 306 g/mol. The van der Waals surface area contributed by atoms with Crippen LogP contribution in [0.25, 0.3) is 0 Å². The van der Waals surface area contributed by atoms with E-state index in [1.54, 1.807) is 18.2 Å². The fraction of sp³-hybridized carbons (Fsp3) is 0.417. The quantitative estimate of drug-likeness (QED) is 0.862. The number of halogens is 2. The number of Topliss-reactive ketones (excluding diaryl/α,β-unsaturated/α-hetero) is 1. The first kappa shape index (κ1) is 13.8. The smallest absolute Gasteiger partial charge is 0.151 e. The second-order valence-corrected chi connectivity index (χ2v) is 7.55. The fourth-order valence-corrected chi connectivity index (χ4v) is 4.30. The van der Waals surface area contributed by atoms with Gasteiger partial charge in [0.1, 0.15) is 5.78 Å². The van der Waals surface area contributed by atoms with Crippen molar-refractivity contribution in [1.82, 2.24) is 0 Å². The summed E-state index contributed by atoms with van der Waals surface area (Å²) in [5, 5.41) is 0.955. The maximum Gasteiger partial charge on any atom is 0.151 e. The van der Waals surface area contributed by atoms with Crippen LogP contribution in [0.4, 0.5) is 0 Å². The highest BCUT2D eigenvalue weighted by Crippen LogP contribution is 2.25. The van der Waals surface area contributed by atoms with Crippen LogP contribution < -0.4 is 0 Å². The Kier molecular flexibility index (Phi) is 3.99. The van der Waals surface area contributed by atoms with Crippen molar-refractivity contribution >= 4 is 38.8 Å². The lowest BCUT2D eigenvalue weighted by Gasteiger charge is -2.08. The van der Waals surface area contributed by atoms with Gasteiger partial charge in [-0.25, -0.2) is 8.42 Å². The van der Waals surface area contributed by atoms with Gasteiger partial charge in [0.25, 0.3) is 0 Å². The summed E-state index contributed by atoms with van der Waals surface area (Å²) in [6.07, 6.45) is 0.586. The zero-order valence-electron chi connectivity index (χ0n) is 9.53. The molecule has 1 aromatic carbocycles. The number of carbonyl (C=O) groups excluding carboxylic acids is 1. The van der Waals surface area contributed by atoms with Crippen molar-refractivity contribution in [2.75, 3.05) is 11.5 Å². The molecule has 98 valence electrons. The van der Waals surface area contributed by atoms with E-state index in [2.05, 4.69) is 0 Å². The van der Waals surface area contributed by atoms with Crippen molar-refractivity contribution in [3.8, 4) is 0 Å². The number of ketones is 1. The SMILES string of the molecule is O=C(Cc1ccc(Cl)cc1Cl)C1CCS(=O)(=O)C1. The normalized spacial score (nSPS) is 22.0. The first-order chi connectivity index (χ1) is 8.37. The minimum Gasteiger partial charge on any atom is -0.299 e. The lowest BCUT2D eigenvalue weighted by atomic mass is 9.97. The average molecular weight is 307 g/mol. The van der Waals surface area contributed by atoms with Crippen LogP contribution >= 0.6 is 23.2 Å². The Bertz CT molecular complexity index is 581. The number of hydrogen-bond donors (Lipinski definition) is 0. The highest BCUT2D eigenvalue weighted by Gasteiger charge is 2.32. The Labute approximate surface area is 116 Å². The molecule has 0 saturated carbocycles. The zero-order valence-corrected chi connectivity index (χ0v) is 11.9. The van der Waals surface area contributed by atoms with E-state index in [1.165, 1.54) is 0 Å². The van der Waals surface area contributed by atoms with Crippen LogP contribution in [0.2, 0.25) is 10.0 Å². The summed E-state index contributed by atoms with van der Waals surface area (Å²) >= 11 is 11.8. The van der Waals surface area contributed by atoms with Crippen molar-refractivity contribution in [3.05, 3.63) is 33.8 Å². The molecule has 2 rings (SSSR count). The second-order valence-electron chi connectivity index (χ2n) is 4.48. The van der Waals surface area contributed by atoms with Gasteiger partial charge in [-0.2, -0.15) is 0 Å². The van der Waals surface area contributed by atoms with Crippen molar-refractivity contribution < 1.29 is 13.2 Å². The van der Waals surface area contributed by atoms with E-state index >= 15 is 0 Å². The third kappa shape index (κ3) is 3.25. The van der Waals surface area contributed by atoms with Gasteiger partial charge in [-0.1, -0.05) is 29.3 Å². The topological polar surface area (TPSA) is 51.2 Å². The maximum atomic E-state index is 12.0. The summed E-state index contributed by atoms with van der Waals surface area (Å²) in [5.41, 5.74) is 0.690. The van der Waals surface area contributed by atoms with E-state index in [9.17, 15) is 13.2 Å². The molecule has 6 heteroatoms. The molecule has 0 bridgehead atoms. The molecule has 1 aliphatic rings. The van der Waals surface area contributed by atoms with Gasteiger partial charge < -0.3 is 0 Å². The first-order valence-electron chi connectivity index (χ1n) is 5.54. The predicted molar refractivity (Wildman–Crippen MR) is 71.9 cm³/mol. The van der Waals surface area contributed by atoms with Gasteiger partial charge in [0.05, 0.1) is 11.5 Å². The number of carbonyl (C=O) groups is 1. The third-order valence-corrected chi connectivity index (χ3v) is 5.42. The van der Waals surface area contributed by atoms with Crippen molar-refractivity contribution in [3.63, 3.8) is 0 Å². The maximum absolute atomic E-state index is 12.0. The standard InChI is InChI=1S/C12H12Cl2O3S/c13-10-2-1-8(11(14)6-10)5-12(15)9-3-4-18(16,17)7-9/h1-2,6,9H,3-5,7H2. The van der Waals surface area contributed by atoms with Crippen LogP contribution in [-0.4, -0.2) is 25.7 Å². The Balaban J connectivity index is 2.08. The second kappa shape index (κ2) is 5.19. The van der Waals surface area contributed by atoms with Gasteiger partial charge in [-0.05, 0) is 24.1 Å². The molecule has 1 fully saturated rings. The Morgan fingerprint density at radius 2 is 2.06 bits per heavy atom. The van der Waals surface area contributed by atoms with E-state index < -0.39 is 9.84 Å². The van der Waals surface area contributed by atoms with Gasteiger partial charge in [0, 0.05) is 22.4 Å². The molecule has 0 aliphatic carbocycles. The van der Waals surface area contributed by atoms with Crippen LogP contribution in [-0.2, 0) is 21.1 Å². The molecule has 1 aromatic rings. The zero-order chi connectivity index (χ0) is 13.3. The number of benzene rings is 1. The van der Waals surface area contributed by atoms with E-state index in [0.717, 1.165) is 0 Å². The molecule has 1 unspecified atom stereocenters.